The van der Waals surface area contributed by atoms with Crippen LogP contribution in [0.5, 0.6) is 0 Å². The molecule has 1 heterocycles. The maximum absolute atomic E-state index is 11.6. The predicted molar refractivity (Wildman–Crippen MR) is 133 cm³/mol. The first-order chi connectivity index (χ1) is 16.5. The number of hydrogen-bond donors (Lipinski definition) is 2. The van der Waals surface area contributed by atoms with E-state index in [9.17, 15) is 15.0 Å². The lowest BCUT2D eigenvalue weighted by atomic mass is 9.93. The third-order valence-corrected chi connectivity index (χ3v) is 7.44. The first-order valence-corrected chi connectivity index (χ1v) is 12.1. The molecule has 5 nitrogen and oxygen atoms in total. The van der Waals surface area contributed by atoms with Crippen LogP contribution >= 0.6 is 11.8 Å². The number of thioether (sulfide) groups is 1. The Morgan fingerprint density at radius 1 is 0.971 bits per heavy atom. The lowest BCUT2D eigenvalue weighted by Crippen LogP contribution is -2.19. The summed E-state index contributed by atoms with van der Waals surface area (Å²) in [6.45, 7) is 1.89. The topological polar surface area (TPSA) is 83.6 Å². The molecule has 0 aliphatic heterocycles. The van der Waals surface area contributed by atoms with E-state index in [1.807, 2.05) is 85.8 Å². The summed E-state index contributed by atoms with van der Waals surface area (Å²) in [5.74, 6) is -0.0701. The molecule has 1 saturated carbocycles. The van der Waals surface area contributed by atoms with Crippen LogP contribution in [0, 0.1) is 6.92 Å². The summed E-state index contributed by atoms with van der Waals surface area (Å²) in [5, 5.41) is 24.3. The molecule has 0 spiro atoms. The maximum atomic E-state index is 11.6. The summed E-state index contributed by atoms with van der Waals surface area (Å²) in [7, 11) is 0. The molecule has 34 heavy (non-hydrogen) atoms. The van der Waals surface area contributed by atoms with Crippen LogP contribution < -0.4 is 0 Å². The number of carbonyl (C=O) groups is 1. The van der Waals surface area contributed by atoms with Crippen LogP contribution in [0.4, 0.5) is 0 Å². The normalized spacial score (nSPS) is 15.1. The number of aromatic nitrogens is 1. The molecule has 1 atom stereocenters. The van der Waals surface area contributed by atoms with E-state index in [4.69, 9.17) is 4.52 Å². The van der Waals surface area contributed by atoms with E-state index in [1.54, 1.807) is 0 Å². The Morgan fingerprint density at radius 2 is 1.56 bits per heavy atom. The number of carboxylic acids is 1. The fourth-order valence-corrected chi connectivity index (χ4v) is 5.15. The molecule has 1 unspecified atom stereocenters. The van der Waals surface area contributed by atoms with Crippen molar-refractivity contribution in [3.8, 4) is 22.5 Å². The monoisotopic (exact) mass is 471 g/mol. The van der Waals surface area contributed by atoms with Crippen molar-refractivity contribution in [2.75, 3.05) is 0 Å². The van der Waals surface area contributed by atoms with Gasteiger partial charge in [-0.15, -0.1) is 0 Å². The quantitative estimate of drug-likeness (QED) is 0.239. The second-order valence-electron chi connectivity index (χ2n) is 8.71. The number of carboxylic acid groups (broad SMARTS) is 1. The fourth-order valence-electron chi connectivity index (χ4n) is 4.28. The Labute approximate surface area is 202 Å². The molecule has 1 aliphatic carbocycles. The Kier molecular flexibility index (Phi) is 6.02. The van der Waals surface area contributed by atoms with Gasteiger partial charge in [0, 0.05) is 22.4 Å². The van der Waals surface area contributed by atoms with Gasteiger partial charge in [-0.25, -0.2) is 0 Å². The Bertz CT molecular complexity index is 1290. The Hall–Kier alpha value is -3.35. The molecule has 0 saturated heterocycles. The molecule has 1 fully saturated rings. The van der Waals surface area contributed by atoms with Crippen LogP contribution in [0.3, 0.4) is 0 Å². The fraction of sp³-hybridized carbons (Fsp3) is 0.214. The summed E-state index contributed by atoms with van der Waals surface area (Å²) < 4.78 is 5.63. The minimum Gasteiger partial charge on any atom is -0.481 e. The molecule has 4 aromatic rings. The van der Waals surface area contributed by atoms with Crippen molar-refractivity contribution in [3.63, 3.8) is 0 Å². The highest BCUT2D eigenvalue weighted by Crippen LogP contribution is 2.48. The van der Waals surface area contributed by atoms with Crippen molar-refractivity contribution in [1.82, 2.24) is 5.16 Å². The zero-order valence-electron chi connectivity index (χ0n) is 18.8. The molecule has 1 aromatic heterocycles. The smallest absolute Gasteiger partial charge is 0.314 e. The first kappa shape index (κ1) is 22.4. The van der Waals surface area contributed by atoms with Gasteiger partial charge in [0.1, 0.15) is 5.44 Å². The van der Waals surface area contributed by atoms with E-state index in [1.165, 1.54) is 11.8 Å². The van der Waals surface area contributed by atoms with Crippen LogP contribution in [-0.2, 0) is 16.6 Å². The largest absolute Gasteiger partial charge is 0.481 e. The Balaban J connectivity index is 1.33. The molecular formula is C28H25NO4S. The molecular weight excluding hydrogens is 446 g/mol. The van der Waals surface area contributed by atoms with Gasteiger partial charge in [0.15, 0.2) is 5.76 Å². The maximum Gasteiger partial charge on any atom is 0.314 e. The number of aliphatic carboxylic acids is 1. The molecule has 5 rings (SSSR count). The number of aryl methyl sites for hydroxylation is 1. The van der Waals surface area contributed by atoms with Gasteiger partial charge in [-0.2, -0.15) is 0 Å². The predicted octanol–water partition coefficient (Wildman–Crippen LogP) is 6.09. The van der Waals surface area contributed by atoms with Gasteiger partial charge in [-0.1, -0.05) is 83.6 Å². The van der Waals surface area contributed by atoms with Crippen LogP contribution in [0.1, 0.15) is 29.7 Å². The molecule has 172 valence electrons. The third-order valence-electron chi connectivity index (χ3n) is 6.46. The van der Waals surface area contributed by atoms with E-state index in [0.717, 1.165) is 38.4 Å². The standard InChI is InChI=1S/C28H25NO4S/c1-18-24(17-25(30)34-23-5-3-2-4-6-23)26(33-29-18)21-9-7-19(8-10-21)20-11-13-22(14-12-20)28(15-16-28)27(31)32/h2-14,25,30H,15-17H2,1H3,(H,31,32). The summed E-state index contributed by atoms with van der Waals surface area (Å²) >= 11 is 1.41. The average Bonchev–Trinajstić information content (AvgIpc) is 3.60. The van der Waals surface area contributed by atoms with Crippen molar-refractivity contribution in [2.24, 2.45) is 0 Å². The molecule has 6 heteroatoms. The SMILES string of the molecule is Cc1noc(-c2ccc(-c3ccc(C4(C(=O)O)CC4)cc3)cc2)c1CC(O)Sc1ccccc1. The van der Waals surface area contributed by atoms with Gasteiger partial charge >= 0.3 is 5.97 Å². The molecule has 2 N–H and O–H groups in total. The summed E-state index contributed by atoms with van der Waals surface area (Å²) in [6, 6.07) is 25.6. The van der Waals surface area contributed by atoms with Gasteiger partial charge < -0.3 is 14.7 Å². The number of aliphatic hydroxyl groups excluding tert-OH is 1. The lowest BCUT2D eigenvalue weighted by molar-refractivity contribution is -0.140. The summed E-state index contributed by atoms with van der Waals surface area (Å²) in [4.78, 5) is 12.6. The van der Waals surface area contributed by atoms with E-state index in [-0.39, 0.29) is 0 Å². The van der Waals surface area contributed by atoms with Gasteiger partial charge in [0.2, 0.25) is 0 Å². The molecule has 0 bridgehead atoms. The average molecular weight is 472 g/mol. The highest BCUT2D eigenvalue weighted by atomic mass is 32.2. The van der Waals surface area contributed by atoms with Gasteiger partial charge in [-0.3, -0.25) is 4.79 Å². The van der Waals surface area contributed by atoms with E-state index in [0.29, 0.717) is 25.0 Å². The van der Waals surface area contributed by atoms with Gasteiger partial charge in [0.05, 0.1) is 11.1 Å². The van der Waals surface area contributed by atoms with Gasteiger partial charge in [-0.05, 0) is 48.6 Å². The van der Waals surface area contributed by atoms with Crippen LogP contribution in [0.15, 0.2) is 88.3 Å². The van der Waals surface area contributed by atoms with Crippen molar-refractivity contribution in [1.29, 1.82) is 0 Å². The number of nitrogens with zero attached hydrogens (tertiary/aromatic N) is 1. The summed E-state index contributed by atoms with van der Waals surface area (Å²) in [6.07, 6.45) is 1.83. The molecule has 0 amide bonds. The lowest BCUT2D eigenvalue weighted by Gasteiger charge is -2.12. The van der Waals surface area contributed by atoms with E-state index < -0.39 is 16.8 Å². The minimum absolute atomic E-state index is 0.429. The second kappa shape index (κ2) is 9.12. The number of benzene rings is 3. The zero-order chi connectivity index (χ0) is 23.7. The van der Waals surface area contributed by atoms with Crippen LogP contribution in [0.25, 0.3) is 22.5 Å². The van der Waals surface area contributed by atoms with Crippen molar-refractivity contribution >= 4 is 17.7 Å². The number of hydrogen-bond acceptors (Lipinski definition) is 5. The van der Waals surface area contributed by atoms with E-state index >= 15 is 0 Å². The molecule has 3 aromatic carbocycles. The van der Waals surface area contributed by atoms with Gasteiger partial charge in [0.25, 0.3) is 0 Å². The van der Waals surface area contributed by atoms with Crippen molar-refractivity contribution in [3.05, 3.63) is 95.7 Å². The van der Waals surface area contributed by atoms with Crippen LogP contribution in [-0.4, -0.2) is 26.8 Å². The minimum atomic E-state index is -0.741. The van der Waals surface area contributed by atoms with Crippen molar-refractivity contribution < 1.29 is 19.5 Å². The molecule has 0 radical (unpaired) electrons. The third kappa shape index (κ3) is 4.39. The highest BCUT2D eigenvalue weighted by molar-refractivity contribution is 7.99. The van der Waals surface area contributed by atoms with E-state index in [2.05, 4.69) is 5.16 Å². The summed E-state index contributed by atoms with van der Waals surface area (Å²) in [5.41, 5.74) is 4.20. The second-order valence-corrected chi connectivity index (χ2v) is 9.96. The molecule has 1 aliphatic rings. The highest BCUT2D eigenvalue weighted by Gasteiger charge is 2.51. The Morgan fingerprint density at radius 3 is 2.15 bits per heavy atom. The number of aliphatic hydroxyl groups is 1. The zero-order valence-corrected chi connectivity index (χ0v) is 19.6. The van der Waals surface area contributed by atoms with Crippen LogP contribution in [0.2, 0.25) is 0 Å². The number of rotatable bonds is 8. The first-order valence-electron chi connectivity index (χ1n) is 11.3. The van der Waals surface area contributed by atoms with Crippen molar-refractivity contribution in [2.45, 2.75) is 41.9 Å².